The fraction of sp³-hybridized carbons (Fsp3) is 0.550. The number of carbonyl (C=O) groups excluding carboxylic acids is 3. The van der Waals surface area contributed by atoms with Gasteiger partial charge in [0.25, 0.3) is 5.91 Å². The molecule has 1 aliphatic heterocycles. The van der Waals surface area contributed by atoms with Crippen LogP contribution in [0.3, 0.4) is 0 Å². The lowest BCUT2D eigenvalue weighted by molar-refractivity contribution is -0.136. The van der Waals surface area contributed by atoms with Gasteiger partial charge in [-0.1, -0.05) is 13.8 Å². The van der Waals surface area contributed by atoms with Gasteiger partial charge in [0.15, 0.2) is 0 Å². The van der Waals surface area contributed by atoms with E-state index < -0.39 is 6.04 Å². The van der Waals surface area contributed by atoms with E-state index in [9.17, 15) is 14.4 Å². The van der Waals surface area contributed by atoms with Crippen LogP contribution in [0.25, 0.3) is 0 Å². The second-order valence-corrected chi connectivity index (χ2v) is 7.53. The minimum Gasteiger partial charge on any atom is -0.350 e. The number of nitrogens with one attached hydrogen (secondary N) is 2. The van der Waals surface area contributed by atoms with Crippen LogP contribution >= 0.6 is 0 Å². The van der Waals surface area contributed by atoms with Crippen LogP contribution in [0.4, 0.5) is 5.69 Å². The fourth-order valence-electron chi connectivity index (χ4n) is 3.32. The molecule has 1 fully saturated rings. The van der Waals surface area contributed by atoms with Crippen LogP contribution in [0.5, 0.6) is 0 Å². The van der Waals surface area contributed by atoms with Crippen LogP contribution in [0.1, 0.15) is 56.5 Å². The Bertz CT molecular complexity index is 698. The third-order valence-corrected chi connectivity index (χ3v) is 4.50. The summed E-state index contributed by atoms with van der Waals surface area (Å²) in [5, 5.41) is 5.77. The minimum absolute atomic E-state index is 0.0224. The van der Waals surface area contributed by atoms with Crippen LogP contribution in [0, 0.1) is 12.8 Å². The van der Waals surface area contributed by atoms with Crippen molar-refractivity contribution in [1.29, 1.82) is 0 Å². The lowest BCUT2D eigenvalue weighted by atomic mass is 10.0. The zero-order valence-corrected chi connectivity index (χ0v) is 16.3. The van der Waals surface area contributed by atoms with Crippen LogP contribution in [-0.2, 0) is 9.59 Å². The van der Waals surface area contributed by atoms with E-state index in [1.54, 1.807) is 23.1 Å². The highest BCUT2D eigenvalue weighted by Gasteiger charge is 2.34. The van der Waals surface area contributed by atoms with E-state index in [4.69, 9.17) is 0 Å². The van der Waals surface area contributed by atoms with Crippen molar-refractivity contribution in [3.05, 3.63) is 29.3 Å². The Morgan fingerprint density at radius 1 is 1.15 bits per heavy atom. The Balaban J connectivity index is 2.14. The lowest BCUT2D eigenvalue weighted by Crippen LogP contribution is -2.47. The molecule has 1 saturated heterocycles. The summed E-state index contributed by atoms with van der Waals surface area (Å²) < 4.78 is 0. The zero-order chi connectivity index (χ0) is 19.4. The van der Waals surface area contributed by atoms with Crippen molar-refractivity contribution in [3.63, 3.8) is 0 Å². The summed E-state index contributed by atoms with van der Waals surface area (Å²) in [4.78, 5) is 38.7. The third kappa shape index (κ3) is 4.62. The molecule has 26 heavy (non-hydrogen) atoms. The van der Waals surface area contributed by atoms with Crippen molar-refractivity contribution < 1.29 is 14.4 Å². The maximum atomic E-state index is 12.8. The predicted molar refractivity (Wildman–Crippen MR) is 102 cm³/mol. The Labute approximate surface area is 155 Å². The normalized spacial score (nSPS) is 15.5. The summed E-state index contributed by atoms with van der Waals surface area (Å²) in [6.45, 7) is 10.2. The molecule has 6 heteroatoms. The Morgan fingerprint density at radius 2 is 1.85 bits per heavy atom. The molecular weight excluding hydrogens is 330 g/mol. The smallest absolute Gasteiger partial charge is 0.251 e. The number of nitrogens with zero attached hydrogens (tertiary/aromatic N) is 1. The van der Waals surface area contributed by atoms with Crippen LogP contribution in [-0.4, -0.2) is 41.2 Å². The van der Waals surface area contributed by atoms with E-state index in [0.29, 0.717) is 24.2 Å². The average molecular weight is 359 g/mol. The molecule has 2 rings (SSSR count). The first-order chi connectivity index (χ1) is 12.2. The van der Waals surface area contributed by atoms with E-state index in [0.717, 1.165) is 12.0 Å². The van der Waals surface area contributed by atoms with Gasteiger partial charge in [-0.15, -0.1) is 0 Å². The zero-order valence-electron chi connectivity index (χ0n) is 16.3. The summed E-state index contributed by atoms with van der Waals surface area (Å²) in [7, 11) is 0. The Hall–Kier alpha value is -2.37. The fourth-order valence-corrected chi connectivity index (χ4v) is 3.32. The number of amides is 3. The molecule has 1 aromatic carbocycles. The Kier molecular flexibility index (Phi) is 6.40. The molecule has 0 bridgehead atoms. The average Bonchev–Trinajstić information content (AvgIpc) is 2.92. The molecule has 0 saturated carbocycles. The first-order valence-electron chi connectivity index (χ1n) is 9.22. The van der Waals surface area contributed by atoms with Crippen LogP contribution in [0.15, 0.2) is 18.2 Å². The van der Waals surface area contributed by atoms with Gasteiger partial charge in [0.05, 0.1) is 0 Å². The molecular formula is C20H29N3O3. The molecule has 1 unspecified atom stereocenters. The third-order valence-electron chi connectivity index (χ3n) is 4.50. The number of anilines is 1. The summed E-state index contributed by atoms with van der Waals surface area (Å²) in [6, 6.07) is 4.81. The van der Waals surface area contributed by atoms with Crippen molar-refractivity contribution in [1.82, 2.24) is 10.2 Å². The SMILES string of the molecule is Cc1cc(NC(=O)C(C(C)C)N2CCCC2=O)ccc1C(=O)NC(C)C. The number of hydrogen-bond acceptors (Lipinski definition) is 3. The van der Waals surface area contributed by atoms with E-state index in [1.807, 2.05) is 34.6 Å². The molecule has 0 aromatic heterocycles. The molecule has 6 nitrogen and oxygen atoms in total. The van der Waals surface area contributed by atoms with Gasteiger partial charge in [-0.3, -0.25) is 14.4 Å². The van der Waals surface area contributed by atoms with Gasteiger partial charge in [0.1, 0.15) is 6.04 Å². The number of rotatable bonds is 6. The molecule has 0 radical (unpaired) electrons. The predicted octanol–water partition coefficient (Wildman–Crippen LogP) is 2.72. The van der Waals surface area contributed by atoms with Gasteiger partial charge in [0, 0.05) is 30.3 Å². The maximum Gasteiger partial charge on any atom is 0.251 e. The number of aryl methyl sites for hydroxylation is 1. The van der Waals surface area contributed by atoms with E-state index in [2.05, 4.69) is 10.6 Å². The van der Waals surface area contributed by atoms with Crippen LogP contribution < -0.4 is 10.6 Å². The topological polar surface area (TPSA) is 78.5 Å². The van der Waals surface area contributed by atoms with E-state index in [1.165, 1.54) is 0 Å². The van der Waals surface area contributed by atoms with E-state index in [-0.39, 0.29) is 29.7 Å². The van der Waals surface area contributed by atoms with Crippen molar-refractivity contribution in [2.24, 2.45) is 5.92 Å². The molecule has 0 spiro atoms. The maximum absolute atomic E-state index is 12.8. The van der Waals surface area contributed by atoms with Crippen LogP contribution in [0.2, 0.25) is 0 Å². The summed E-state index contributed by atoms with van der Waals surface area (Å²) >= 11 is 0. The highest BCUT2D eigenvalue weighted by molar-refractivity contribution is 5.99. The van der Waals surface area contributed by atoms with Gasteiger partial charge in [-0.2, -0.15) is 0 Å². The van der Waals surface area contributed by atoms with Crippen molar-refractivity contribution >= 4 is 23.4 Å². The second kappa shape index (κ2) is 8.34. The number of benzene rings is 1. The Morgan fingerprint density at radius 3 is 2.35 bits per heavy atom. The highest BCUT2D eigenvalue weighted by atomic mass is 16.2. The summed E-state index contributed by atoms with van der Waals surface area (Å²) in [5.41, 5.74) is 2.01. The molecule has 0 aliphatic carbocycles. The quantitative estimate of drug-likeness (QED) is 0.820. The monoisotopic (exact) mass is 359 g/mol. The summed E-state index contributed by atoms with van der Waals surface area (Å²) in [5.74, 6) is -0.253. The largest absolute Gasteiger partial charge is 0.350 e. The number of likely N-dealkylation sites (tertiary alicyclic amines) is 1. The molecule has 1 atom stereocenters. The minimum atomic E-state index is -0.478. The first-order valence-corrected chi connectivity index (χ1v) is 9.22. The number of hydrogen-bond donors (Lipinski definition) is 2. The van der Waals surface area contributed by atoms with Gasteiger partial charge >= 0.3 is 0 Å². The van der Waals surface area contributed by atoms with Crippen molar-refractivity contribution in [3.8, 4) is 0 Å². The summed E-state index contributed by atoms with van der Waals surface area (Å²) in [6.07, 6.45) is 1.31. The molecule has 1 aromatic rings. The van der Waals surface area contributed by atoms with Gasteiger partial charge < -0.3 is 15.5 Å². The molecule has 3 amide bonds. The van der Waals surface area contributed by atoms with Crippen molar-refractivity contribution in [2.75, 3.05) is 11.9 Å². The standard InChI is InChI=1S/C20H29N3O3/c1-12(2)18(23-10-6-7-17(23)24)20(26)22-15-8-9-16(14(5)11-15)19(25)21-13(3)4/h8-9,11-13,18H,6-7,10H2,1-5H3,(H,21,25)(H,22,26). The lowest BCUT2D eigenvalue weighted by Gasteiger charge is -2.30. The first kappa shape index (κ1) is 19.9. The number of carbonyl (C=O) groups is 3. The molecule has 142 valence electrons. The molecule has 1 aliphatic rings. The molecule has 1 heterocycles. The second-order valence-electron chi connectivity index (χ2n) is 7.53. The van der Waals surface area contributed by atoms with Gasteiger partial charge in [-0.05, 0) is 56.9 Å². The highest BCUT2D eigenvalue weighted by Crippen LogP contribution is 2.22. The van der Waals surface area contributed by atoms with E-state index >= 15 is 0 Å². The molecule has 2 N–H and O–H groups in total. The van der Waals surface area contributed by atoms with Gasteiger partial charge in [0.2, 0.25) is 11.8 Å². The van der Waals surface area contributed by atoms with Crippen molar-refractivity contribution in [2.45, 2.75) is 59.5 Å². The van der Waals surface area contributed by atoms with Gasteiger partial charge in [-0.25, -0.2) is 0 Å².